The molecule has 0 aromatic heterocycles. The second-order valence-corrected chi connectivity index (χ2v) is 28.0. The Kier molecular flexibility index (Phi) is 53.0. The van der Waals surface area contributed by atoms with Gasteiger partial charge in [-0.15, -0.1) is 0 Å². The van der Waals surface area contributed by atoms with Gasteiger partial charge in [-0.05, 0) is 49.4 Å². The third kappa shape index (κ3) is 58.8. The van der Waals surface area contributed by atoms with E-state index in [-0.39, 0.29) is 25.7 Å². The average molecular weight is 1230 g/mol. The van der Waals surface area contributed by atoms with E-state index in [0.29, 0.717) is 43.4 Å². The number of phosphoric acid groups is 2. The van der Waals surface area contributed by atoms with Crippen molar-refractivity contribution in [1.82, 2.24) is 0 Å². The van der Waals surface area contributed by atoms with Gasteiger partial charge in [-0.1, -0.05) is 254 Å². The van der Waals surface area contributed by atoms with Crippen LogP contribution in [0.4, 0.5) is 0 Å². The lowest BCUT2D eigenvalue weighted by Gasteiger charge is -2.21. The highest BCUT2D eigenvalue weighted by Crippen LogP contribution is 2.45. The van der Waals surface area contributed by atoms with Crippen molar-refractivity contribution in [3.05, 3.63) is 0 Å². The Morgan fingerprint density at radius 2 is 0.506 bits per heavy atom. The maximum Gasteiger partial charge on any atom is 0.472 e. The second kappa shape index (κ2) is 54.2. The van der Waals surface area contributed by atoms with Crippen molar-refractivity contribution < 1.29 is 80.2 Å². The number of hydrogen-bond donors (Lipinski definition) is 3. The van der Waals surface area contributed by atoms with E-state index in [4.69, 9.17) is 37.0 Å². The monoisotopic (exact) mass is 1230 g/mol. The lowest BCUT2D eigenvalue weighted by Crippen LogP contribution is -2.30. The van der Waals surface area contributed by atoms with E-state index in [2.05, 4.69) is 55.4 Å². The number of carbonyl (C=O) groups excluding carboxylic acids is 4. The van der Waals surface area contributed by atoms with Crippen LogP contribution in [0.25, 0.3) is 0 Å². The third-order valence-electron chi connectivity index (χ3n) is 14.6. The summed E-state index contributed by atoms with van der Waals surface area (Å²) in [7, 11) is -9.89. The molecule has 2 unspecified atom stereocenters. The molecule has 0 aromatic rings. The van der Waals surface area contributed by atoms with Crippen molar-refractivity contribution in [2.45, 2.75) is 324 Å². The molecular weight excluding hydrogens is 1100 g/mol. The second-order valence-electron chi connectivity index (χ2n) is 25.1. The predicted octanol–water partition coefficient (Wildman–Crippen LogP) is 17.4. The molecule has 492 valence electrons. The highest BCUT2D eigenvalue weighted by Gasteiger charge is 2.30. The van der Waals surface area contributed by atoms with Crippen molar-refractivity contribution in [2.75, 3.05) is 39.6 Å². The van der Waals surface area contributed by atoms with E-state index < -0.39 is 97.5 Å². The summed E-state index contributed by atoms with van der Waals surface area (Å²) < 4.78 is 67.9. The highest BCUT2D eigenvalue weighted by molar-refractivity contribution is 7.47. The fourth-order valence-electron chi connectivity index (χ4n) is 9.43. The Labute approximate surface area is 505 Å². The summed E-state index contributed by atoms with van der Waals surface area (Å²) in [6, 6.07) is 0. The van der Waals surface area contributed by atoms with Crippen LogP contribution in [0.15, 0.2) is 0 Å². The van der Waals surface area contributed by atoms with Gasteiger partial charge in [-0.25, -0.2) is 9.13 Å². The highest BCUT2D eigenvalue weighted by atomic mass is 31.2. The van der Waals surface area contributed by atoms with Crippen LogP contribution in [-0.4, -0.2) is 96.7 Å². The van der Waals surface area contributed by atoms with Gasteiger partial charge in [0, 0.05) is 25.7 Å². The normalized spacial score (nSPS) is 14.4. The zero-order chi connectivity index (χ0) is 61.8. The molecule has 0 saturated carbocycles. The standard InChI is InChI=1S/C64H124O17P2/c1-54(2)40-32-24-16-12-10-9-11-13-19-28-36-44-61(66)74-50-59(80-63(68)46-38-30-20-14-17-25-33-41-55(3)4)52-78-82(70,71)76-48-58(65)49-77-83(72,73)79-53-60(51-75-62(67)45-37-29-23-22-27-35-43-57(7)8)81-64(69)47-39-31-21-15-18-26-34-42-56(5)6/h54-60,65H,9-53H2,1-8H3,(H,70,71)(H,72,73)/t58-,59-,60-/m1/s1. The first-order chi connectivity index (χ1) is 39.6. The van der Waals surface area contributed by atoms with Crippen LogP contribution in [0.5, 0.6) is 0 Å². The van der Waals surface area contributed by atoms with Gasteiger partial charge in [0.2, 0.25) is 0 Å². The summed E-state index contributed by atoms with van der Waals surface area (Å²) in [5, 5.41) is 10.5. The van der Waals surface area contributed by atoms with Gasteiger partial charge in [0.25, 0.3) is 0 Å². The lowest BCUT2D eigenvalue weighted by molar-refractivity contribution is -0.161. The largest absolute Gasteiger partial charge is 0.472 e. The van der Waals surface area contributed by atoms with Gasteiger partial charge in [0.15, 0.2) is 12.2 Å². The number of hydrogen-bond acceptors (Lipinski definition) is 15. The van der Waals surface area contributed by atoms with Crippen LogP contribution in [-0.2, 0) is 65.4 Å². The molecule has 0 spiro atoms. The molecule has 3 N–H and O–H groups in total. The van der Waals surface area contributed by atoms with Gasteiger partial charge in [0.1, 0.15) is 19.3 Å². The molecule has 0 aliphatic carbocycles. The number of ether oxygens (including phenoxy) is 4. The maximum atomic E-state index is 13.0. The number of aliphatic hydroxyl groups is 1. The first-order valence-corrected chi connectivity index (χ1v) is 36.2. The van der Waals surface area contributed by atoms with Gasteiger partial charge in [0.05, 0.1) is 26.4 Å². The molecule has 0 aromatic carbocycles. The van der Waals surface area contributed by atoms with Gasteiger partial charge in [-0.3, -0.25) is 37.3 Å². The smallest absolute Gasteiger partial charge is 0.462 e. The summed E-state index contributed by atoms with van der Waals surface area (Å²) in [6.45, 7) is 13.9. The summed E-state index contributed by atoms with van der Waals surface area (Å²) in [5.41, 5.74) is 0. The minimum Gasteiger partial charge on any atom is -0.462 e. The van der Waals surface area contributed by atoms with Crippen molar-refractivity contribution in [1.29, 1.82) is 0 Å². The van der Waals surface area contributed by atoms with E-state index in [1.165, 1.54) is 103 Å². The van der Waals surface area contributed by atoms with Crippen LogP contribution >= 0.6 is 15.6 Å². The Bertz CT molecular complexity index is 1660. The fourth-order valence-corrected chi connectivity index (χ4v) is 11.0. The molecule has 0 aliphatic rings. The molecule has 0 aliphatic heterocycles. The van der Waals surface area contributed by atoms with Crippen molar-refractivity contribution in [3.8, 4) is 0 Å². The van der Waals surface area contributed by atoms with E-state index in [1.807, 2.05) is 0 Å². The number of aliphatic hydroxyl groups excluding tert-OH is 1. The first kappa shape index (κ1) is 81.1. The van der Waals surface area contributed by atoms with Crippen LogP contribution in [0, 0.1) is 23.7 Å². The topological polar surface area (TPSA) is 237 Å². The Morgan fingerprint density at radius 1 is 0.301 bits per heavy atom. The molecule has 17 nitrogen and oxygen atoms in total. The quantitative estimate of drug-likeness (QED) is 0.0222. The molecule has 0 bridgehead atoms. The SMILES string of the molecule is CC(C)CCCCCCCCCCCCCC(=O)OC[C@H](COP(=O)(O)OC[C@@H](O)COP(=O)(O)OC[C@@H](COC(=O)CCCCCCCCC(C)C)OC(=O)CCCCCCCCCC(C)C)OC(=O)CCCCCCCCCC(C)C. The lowest BCUT2D eigenvalue weighted by atomic mass is 10.0. The van der Waals surface area contributed by atoms with E-state index in [0.717, 1.165) is 102 Å². The average Bonchev–Trinajstić information content (AvgIpc) is 3.42. The van der Waals surface area contributed by atoms with Crippen LogP contribution in [0.1, 0.15) is 306 Å². The summed E-state index contributed by atoms with van der Waals surface area (Å²) >= 11 is 0. The fraction of sp³-hybridized carbons (Fsp3) is 0.938. The number of rotatable bonds is 61. The van der Waals surface area contributed by atoms with Gasteiger partial charge < -0.3 is 33.8 Å². The maximum absolute atomic E-state index is 13.0. The van der Waals surface area contributed by atoms with Gasteiger partial charge >= 0.3 is 39.5 Å². The minimum absolute atomic E-state index is 0.102. The number of esters is 4. The number of unbranched alkanes of at least 4 members (excludes halogenated alkanes) is 27. The molecule has 0 heterocycles. The minimum atomic E-state index is -4.95. The summed E-state index contributed by atoms with van der Waals surface area (Å²) in [4.78, 5) is 72.1. The Morgan fingerprint density at radius 3 is 0.747 bits per heavy atom. The van der Waals surface area contributed by atoms with Crippen LogP contribution < -0.4 is 0 Å². The molecule has 0 rings (SSSR count). The van der Waals surface area contributed by atoms with Crippen molar-refractivity contribution >= 4 is 39.5 Å². The van der Waals surface area contributed by atoms with Crippen molar-refractivity contribution in [2.24, 2.45) is 23.7 Å². The zero-order valence-corrected chi connectivity index (χ0v) is 55.6. The van der Waals surface area contributed by atoms with Crippen LogP contribution in [0.2, 0.25) is 0 Å². The first-order valence-electron chi connectivity index (χ1n) is 33.2. The molecule has 0 amide bonds. The predicted molar refractivity (Wildman–Crippen MR) is 331 cm³/mol. The zero-order valence-electron chi connectivity index (χ0n) is 53.8. The van der Waals surface area contributed by atoms with Crippen LogP contribution in [0.3, 0.4) is 0 Å². The molecule has 19 heteroatoms. The molecule has 0 radical (unpaired) electrons. The Balaban J connectivity index is 5.22. The van der Waals surface area contributed by atoms with E-state index in [1.54, 1.807) is 0 Å². The summed E-state index contributed by atoms with van der Waals surface area (Å²) in [5.74, 6) is 0.698. The van der Waals surface area contributed by atoms with E-state index >= 15 is 0 Å². The third-order valence-corrected chi connectivity index (χ3v) is 16.5. The number of phosphoric ester groups is 2. The molecule has 5 atom stereocenters. The van der Waals surface area contributed by atoms with Gasteiger partial charge in [-0.2, -0.15) is 0 Å². The Hall–Kier alpha value is -1.94. The van der Waals surface area contributed by atoms with E-state index in [9.17, 15) is 43.2 Å². The summed E-state index contributed by atoms with van der Waals surface area (Å²) in [6.07, 6.45) is 33.8. The van der Waals surface area contributed by atoms with Crippen molar-refractivity contribution in [3.63, 3.8) is 0 Å². The molecule has 0 fully saturated rings. The number of carbonyl (C=O) groups is 4. The molecule has 83 heavy (non-hydrogen) atoms. The molecular formula is C64H124O17P2. The molecule has 0 saturated heterocycles.